The van der Waals surface area contributed by atoms with E-state index in [9.17, 15) is 4.79 Å². The third kappa shape index (κ3) is 2.35. The fourth-order valence-electron chi connectivity index (χ4n) is 2.45. The number of nitrogens with zero attached hydrogens (tertiary/aromatic N) is 3. The molecule has 0 unspecified atom stereocenters. The van der Waals surface area contributed by atoms with Gasteiger partial charge in [-0.3, -0.25) is 4.79 Å². The van der Waals surface area contributed by atoms with Crippen LogP contribution in [0.2, 0.25) is 0 Å². The van der Waals surface area contributed by atoms with Gasteiger partial charge in [0.2, 0.25) is 5.95 Å². The summed E-state index contributed by atoms with van der Waals surface area (Å²) in [5.41, 5.74) is 3.52. The largest absolute Gasteiger partial charge is 0.357 e. The Kier molecular flexibility index (Phi) is 3.33. The molecule has 1 N–H and O–H groups in total. The van der Waals surface area contributed by atoms with Crippen molar-refractivity contribution in [1.29, 1.82) is 0 Å². The number of aromatic nitrogens is 2. The van der Waals surface area contributed by atoms with E-state index in [1.807, 2.05) is 12.1 Å². The highest BCUT2D eigenvalue weighted by Gasteiger charge is 2.30. The van der Waals surface area contributed by atoms with Crippen LogP contribution in [0.3, 0.4) is 0 Å². The standard InChI is InChI=1S/C16H18N4O/c1-10(2)11-4-6-12(7-5-11)20-9-14-13(15(20)21)8-18-16(17-3)19-14/h4-8,10H,9H2,1-3H3,(H,17,18,19). The van der Waals surface area contributed by atoms with Crippen LogP contribution in [-0.2, 0) is 6.54 Å². The van der Waals surface area contributed by atoms with Gasteiger partial charge in [0, 0.05) is 18.9 Å². The van der Waals surface area contributed by atoms with Crippen LogP contribution in [0.4, 0.5) is 11.6 Å². The summed E-state index contributed by atoms with van der Waals surface area (Å²) in [6, 6.07) is 8.12. The Morgan fingerprint density at radius 2 is 1.95 bits per heavy atom. The molecule has 0 spiro atoms. The minimum absolute atomic E-state index is 0.0371. The quantitative estimate of drug-likeness (QED) is 0.940. The fourth-order valence-corrected chi connectivity index (χ4v) is 2.45. The summed E-state index contributed by atoms with van der Waals surface area (Å²) in [5, 5.41) is 2.89. The normalized spacial score (nSPS) is 13.7. The molecule has 2 heterocycles. The molecule has 0 radical (unpaired) electrons. The molecular formula is C16H18N4O. The molecule has 0 bridgehead atoms. The second-order valence-corrected chi connectivity index (χ2v) is 5.44. The predicted octanol–water partition coefficient (Wildman–Crippen LogP) is 2.80. The Bertz CT molecular complexity index is 679. The van der Waals surface area contributed by atoms with Crippen LogP contribution in [0.15, 0.2) is 30.5 Å². The van der Waals surface area contributed by atoms with Gasteiger partial charge in [0.15, 0.2) is 0 Å². The minimum atomic E-state index is -0.0371. The molecule has 108 valence electrons. The van der Waals surface area contributed by atoms with E-state index < -0.39 is 0 Å². The maximum absolute atomic E-state index is 12.4. The molecule has 0 atom stereocenters. The number of fused-ring (bicyclic) bond motifs is 1. The highest BCUT2D eigenvalue weighted by Crippen LogP contribution is 2.28. The SMILES string of the molecule is CNc1ncc2c(n1)CN(c1ccc(C(C)C)cc1)C2=O. The molecule has 1 aliphatic rings. The zero-order valence-electron chi connectivity index (χ0n) is 12.4. The lowest BCUT2D eigenvalue weighted by molar-refractivity contribution is 0.0996. The summed E-state index contributed by atoms with van der Waals surface area (Å²) < 4.78 is 0. The second kappa shape index (κ2) is 5.16. The van der Waals surface area contributed by atoms with Gasteiger partial charge in [-0.25, -0.2) is 9.97 Å². The van der Waals surface area contributed by atoms with Crippen LogP contribution in [-0.4, -0.2) is 22.9 Å². The first-order chi connectivity index (χ1) is 10.1. The number of nitrogens with one attached hydrogen (secondary N) is 1. The number of hydrogen-bond donors (Lipinski definition) is 1. The van der Waals surface area contributed by atoms with E-state index in [1.54, 1.807) is 18.1 Å². The van der Waals surface area contributed by atoms with Crippen LogP contribution in [0.5, 0.6) is 0 Å². The summed E-state index contributed by atoms with van der Waals surface area (Å²) in [7, 11) is 1.76. The van der Waals surface area contributed by atoms with Crippen molar-refractivity contribution < 1.29 is 4.79 Å². The van der Waals surface area contributed by atoms with Crippen molar-refractivity contribution >= 4 is 17.5 Å². The maximum Gasteiger partial charge on any atom is 0.262 e. The van der Waals surface area contributed by atoms with Crippen molar-refractivity contribution in [2.45, 2.75) is 26.3 Å². The van der Waals surface area contributed by atoms with Gasteiger partial charge < -0.3 is 10.2 Å². The first-order valence-corrected chi connectivity index (χ1v) is 7.05. The van der Waals surface area contributed by atoms with E-state index >= 15 is 0 Å². The van der Waals surface area contributed by atoms with Crippen molar-refractivity contribution in [3.8, 4) is 0 Å². The molecule has 0 fully saturated rings. The van der Waals surface area contributed by atoms with Gasteiger partial charge in [0.25, 0.3) is 5.91 Å². The third-order valence-electron chi connectivity index (χ3n) is 3.75. The molecule has 1 aliphatic heterocycles. The summed E-state index contributed by atoms with van der Waals surface area (Å²) in [6.07, 6.45) is 1.60. The predicted molar refractivity (Wildman–Crippen MR) is 82.6 cm³/mol. The molecule has 5 nitrogen and oxygen atoms in total. The molecule has 5 heteroatoms. The Balaban J connectivity index is 1.90. The van der Waals surface area contributed by atoms with Crippen LogP contribution in [0.1, 0.15) is 41.4 Å². The molecule has 1 amide bonds. The van der Waals surface area contributed by atoms with Crippen molar-refractivity contribution in [3.63, 3.8) is 0 Å². The highest BCUT2D eigenvalue weighted by atomic mass is 16.2. The molecule has 0 aliphatic carbocycles. The summed E-state index contributed by atoms with van der Waals surface area (Å²) in [4.78, 5) is 22.7. The van der Waals surface area contributed by atoms with E-state index in [4.69, 9.17) is 0 Å². The van der Waals surface area contributed by atoms with Gasteiger partial charge in [-0.2, -0.15) is 0 Å². The maximum atomic E-state index is 12.4. The van der Waals surface area contributed by atoms with E-state index in [-0.39, 0.29) is 5.91 Å². The molecule has 3 rings (SSSR count). The third-order valence-corrected chi connectivity index (χ3v) is 3.75. The number of carbonyl (C=O) groups is 1. The van der Waals surface area contributed by atoms with Gasteiger partial charge in [-0.15, -0.1) is 0 Å². The topological polar surface area (TPSA) is 58.1 Å². The van der Waals surface area contributed by atoms with Gasteiger partial charge >= 0.3 is 0 Å². The first kappa shape index (κ1) is 13.5. The number of benzene rings is 1. The van der Waals surface area contributed by atoms with Gasteiger partial charge in [0.1, 0.15) is 0 Å². The summed E-state index contributed by atoms with van der Waals surface area (Å²) >= 11 is 0. The van der Waals surface area contributed by atoms with Crippen molar-refractivity contribution in [1.82, 2.24) is 9.97 Å². The Morgan fingerprint density at radius 1 is 1.24 bits per heavy atom. The van der Waals surface area contributed by atoms with Crippen LogP contribution >= 0.6 is 0 Å². The van der Waals surface area contributed by atoms with Gasteiger partial charge in [0.05, 0.1) is 17.8 Å². The van der Waals surface area contributed by atoms with Crippen molar-refractivity contribution in [2.24, 2.45) is 0 Å². The number of amides is 1. The zero-order valence-corrected chi connectivity index (χ0v) is 12.4. The minimum Gasteiger partial charge on any atom is -0.357 e. The fraction of sp³-hybridized carbons (Fsp3) is 0.312. The molecule has 21 heavy (non-hydrogen) atoms. The molecule has 2 aromatic rings. The molecule has 0 saturated heterocycles. The van der Waals surface area contributed by atoms with E-state index in [1.165, 1.54) is 5.56 Å². The Hall–Kier alpha value is -2.43. The Labute approximate surface area is 124 Å². The van der Waals surface area contributed by atoms with E-state index in [0.29, 0.717) is 24.0 Å². The number of hydrogen-bond acceptors (Lipinski definition) is 4. The lowest BCUT2D eigenvalue weighted by Crippen LogP contribution is -2.22. The zero-order chi connectivity index (χ0) is 15.0. The van der Waals surface area contributed by atoms with E-state index in [2.05, 4.69) is 41.3 Å². The highest BCUT2D eigenvalue weighted by molar-refractivity contribution is 6.09. The smallest absolute Gasteiger partial charge is 0.262 e. The monoisotopic (exact) mass is 282 g/mol. The average Bonchev–Trinajstić information content (AvgIpc) is 2.83. The van der Waals surface area contributed by atoms with Crippen molar-refractivity contribution in [3.05, 3.63) is 47.3 Å². The van der Waals surface area contributed by atoms with Crippen LogP contribution in [0, 0.1) is 0 Å². The first-order valence-electron chi connectivity index (χ1n) is 7.05. The van der Waals surface area contributed by atoms with E-state index in [0.717, 1.165) is 11.4 Å². The summed E-state index contributed by atoms with van der Waals surface area (Å²) in [5.74, 6) is 0.984. The van der Waals surface area contributed by atoms with Crippen molar-refractivity contribution in [2.75, 3.05) is 17.3 Å². The number of anilines is 2. The van der Waals surface area contributed by atoms with Gasteiger partial charge in [-0.05, 0) is 23.6 Å². The molecule has 0 saturated carbocycles. The average molecular weight is 282 g/mol. The lowest BCUT2D eigenvalue weighted by Gasteiger charge is -2.16. The summed E-state index contributed by atoms with van der Waals surface area (Å²) in [6.45, 7) is 4.80. The number of carbonyl (C=O) groups excluding carboxylic acids is 1. The Morgan fingerprint density at radius 3 is 2.57 bits per heavy atom. The molecular weight excluding hydrogens is 264 g/mol. The van der Waals surface area contributed by atoms with Gasteiger partial charge in [-0.1, -0.05) is 26.0 Å². The molecule has 1 aromatic heterocycles. The second-order valence-electron chi connectivity index (χ2n) is 5.44. The molecule has 1 aromatic carbocycles. The van der Waals surface area contributed by atoms with Crippen LogP contribution < -0.4 is 10.2 Å². The van der Waals surface area contributed by atoms with Crippen LogP contribution in [0.25, 0.3) is 0 Å². The number of rotatable bonds is 3. The lowest BCUT2D eigenvalue weighted by atomic mass is 10.0.